The van der Waals surface area contributed by atoms with Gasteiger partial charge in [0.1, 0.15) is 12.7 Å². The van der Waals surface area contributed by atoms with Gasteiger partial charge in [0.25, 0.3) is 0 Å². The molecule has 0 spiro atoms. The molecule has 0 aromatic heterocycles. The number of halogens is 1. The molecule has 15 heavy (non-hydrogen) atoms. The standard InChI is InChI=1S/C10H9ClN2O2/c1-15-6-10(14)13-8-2-3-9(11)7(4-8)5-12/h2-4H,6H2,1H3,(H,13,14). The second-order valence-electron chi connectivity index (χ2n) is 2.79. The lowest BCUT2D eigenvalue weighted by atomic mass is 10.2. The van der Waals surface area contributed by atoms with Gasteiger partial charge in [-0.3, -0.25) is 4.79 Å². The lowest BCUT2D eigenvalue weighted by molar-refractivity contribution is -0.119. The van der Waals surface area contributed by atoms with Gasteiger partial charge in [-0.1, -0.05) is 11.6 Å². The van der Waals surface area contributed by atoms with Gasteiger partial charge in [-0.25, -0.2) is 0 Å². The van der Waals surface area contributed by atoms with Gasteiger partial charge in [0, 0.05) is 12.8 Å². The highest BCUT2D eigenvalue weighted by molar-refractivity contribution is 6.31. The molecule has 0 saturated carbocycles. The van der Waals surface area contributed by atoms with Crippen molar-refractivity contribution in [3.63, 3.8) is 0 Å². The van der Waals surface area contributed by atoms with E-state index in [1.54, 1.807) is 12.1 Å². The van der Waals surface area contributed by atoms with Crippen LogP contribution in [0.25, 0.3) is 0 Å². The maximum Gasteiger partial charge on any atom is 0.250 e. The highest BCUT2D eigenvalue weighted by Crippen LogP contribution is 2.19. The SMILES string of the molecule is COCC(=O)Nc1ccc(Cl)c(C#N)c1. The summed E-state index contributed by atoms with van der Waals surface area (Å²) in [6.07, 6.45) is 0. The van der Waals surface area contributed by atoms with E-state index in [1.807, 2.05) is 6.07 Å². The zero-order chi connectivity index (χ0) is 11.3. The Bertz CT molecular complexity index is 412. The number of nitrogens with zero attached hydrogens (tertiary/aromatic N) is 1. The molecule has 0 saturated heterocycles. The summed E-state index contributed by atoms with van der Waals surface area (Å²) in [6, 6.07) is 6.62. The molecule has 0 heterocycles. The smallest absolute Gasteiger partial charge is 0.250 e. The Morgan fingerprint density at radius 1 is 1.67 bits per heavy atom. The highest BCUT2D eigenvalue weighted by Gasteiger charge is 2.04. The fourth-order valence-electron chi connectivity index (χ4n) is 1.02. The summed E-state index contributed by atoms with van der Waals surface area (Å²) in [5.41, 5.74) is 0.852. The lowest BCUT2D eigenvalue weighted by Gasteiger charge is -2.05. The van der Waals surface area contributed by atoms with Crippen molar-refractivity contribution in [2.45, 2.75) is 0 Å². The van der Waals surface area contributed by atoms with E-state index >= 15 is 0 Å². The van der Waals surface area contributed by atoms with Crippen molar-refractivity contribution in [3.8, 4) is 6.07 Å². The molecule has 0 aliphatic carbocycles. The van der Waals surface area contributed by atoms with E-state index in [1.165, 1.54) is 13.2 Å². The fraction of sp³-hybridized carbons (Fsp3) is 0.200. The van der Waals surface area contributed by atoms with Crippen molar-refractivity contribution in [1.82, 2.24) is 0 Å². The fourth-order valence-corrected chi connectivity index (χ4v) is 1.18. The summed E-state index contributed by atoms with van der Waals surface area (Å²) >= 11 is 5.73. The first-order valence-corrected chi connectivity index (χ1v) is 4.53. The van der Waals surface area contributed by atoms with E-state index in [9.17, 15) is 4.79 Å². The summed E-state index contributed by atoms with van der Waals surface area (Å²) in [5.74, 6) is -0.274. The second kappa shape index (κ2) is 5.35. The minimum Gasteiger partial charge on any atom is -0.375 e. The van der Waals surface area contributed by atoms with E-state index in [2.05, 4.69) is 10.1 Å². The summed E-state index contributed by atoms with van der Waals surface area (Å²) in [4.78, 5) is 11.1. The summed E-state index contributed by atoms with van der Waals surface area (Å²) in [6.45, 7) is -0.0233. The molecule has 1 rings (SSSR count). The Hall–Kier alpha value is -1.57. The third kappa shape index (κ3) is 3.24. The van der Waals surface area contributed by atoms with E-state index in [0.29, 0.717) is 16.3 Å². The monoisotopic (exact) mass is 224 g/mol. The van der Waals surface area contributed by atoms with Crippen LogP contribution in [-0.4, -0.2) is 19.6 Å². The first kappa shape index (κ1) is 11.5. The molecular weight excluding hydrogens is 216 g/mol. The summed E-state index contributed by atoms with van der Waals surface area (Å²) in [5, 5.41) is 11.6. The molecule has 1 aromatic rings. The van der Waals surface area contributed by atoms with Crippen molar-refractivity contribution in [3.05, 3.63) is 28.8 Å². The predicted octanol–water partition coefficient (Wildman–Crippen LogP) is 1.80. The van der Waals surface area contributed by atoms with Crippen LogP contribution in [0.3, 0.4) is 0 Å². The number of nitrogens with one attached hydrogen (secondary N) is 1. The number of hydrogen-bond acceptors (Lipinski definition) is 3. The van der Waals surface area contributed by atoms with Gasteiger partial charge >= 0.3 is 0 Å². The molecule has 0 aliphatic heterocycles. The first-order valence-electron chi connectivity index (χ1n) is 4.16. The van der Waals surface area contributed by atoms with Gasteiger partial charge in [-0.2, -0.15) is 5.26 Å². The molecule has 1 N–H and O–H groups in total. The number of anilines is 1. The zero-order valence-electron chi connectivity index (χ0n) is 8.08. The van der Waals surface area contributed by atoms with Crippen molar-refractivity contribution in [1.29, 1.82) is 5.26 Å². The Morgan fingerprint density at radius 2 is 2.40 bits per heavy atom. The van der Waals surface area contributed by atoms with Crippen molar-refractivity contribution < 1.29 is 9.53 Å². The Morgan fingerprint density at radius 3 is 3.00 bits per heavy atom. The minimum absolute atomic E-state index is 0.0233. The van der Waals surface area contributed by atoms with Crippen LogP contribution < -0.4 is 5.32 Å². The van der Waals surface area contributed by atoms with Gasteiger partial charge in [-0.05, 0) is 18.2 Å². The molecule has 0 atom stereocenters. The molecule has 0 unspecified atom stereocenters. The van der Waals surface area contributed by atoms with Gasteiger partial charge < -0.3 is 10.1 Å². The molecule has 0 fully saturated rings. The summed E-state index contributed by atoms with van der Waals surface area (Å²) in [7, 11) is 1.43. The van der Waals surface area contributed by atoms with E-state index in [4.69, 9.17) is 16.9 Å². The Balaban J connectivity index is 2.80. The van der Waals surface area contributed by atoms with Gasteiger partial charge in [0.05, 0.1) is 10.6 Å². The molecule has 0 radical (unpaired) electrons. The van der Waals surface area contributed by atoms with Crippen LogP contribution in [0.15, 0.2) is 18.2 Å². The van der Waals surface area contributed by atoms with Crippen LogP contribution in [0.4, 0.5) is 5.69 Å². The van der Waals surface area contributed by atoms with Crippen LogP contribution in [0.5, 0.6) is 0 Å². The van der Waals surface area contributed by atoms with Gasteiger partial charge in [0.2, 0.25) is 5.91 Å². The first-order chi connectivity index (χ1) is 7.17. The third-order valence-corrected chi connectivity index (χ3v) is 1.98. The molecule has 5 heteroatoms. The van der Waals surface area contributed by atoms with E-state index in [-0.39, 0.29) is 12.5 Å². The number of hydrogen-bond donors (Lipinski definition) is 1. The second-order valence-corrected chi connectivity index (χ2v) is 3.19. The molecular formula is C10H9ClN2O2. The maximum absolute atomic E-state index is 11.1. The number of rotatable bonds is 3. The highest BCUT2D eigenvalue weighted by atomic mass is 35.5. The topological polar surface area (TPSA) is 62.1 Å². The quantitative estimate of drug-likeness (QED) is 0.852. The number of methoxy groups -OCH3 is 1. The van der Waals surface area contributed by atoms with Crippen LogP contribution in [0.1, 0.15) is 5.56 Å². The number of benzene rings is 1. The average Bonchev–Trinajstić information content (AvgIpc) is 2.21. The number of nitriles is 1. The largest absolute Gasteiger partial charge is 0.375 e. The van der Waals surface area contributed by atoms with Crippen LogP contribution in [0.2, 0.25) is 5.02 Å². The molecule has 78 valence electrons. The number of carbonyl (C=O) groups is 1. The molecule has 4 nitrogen and oxygen atoms in total. The van der Waals surface area contributed by atoms with Crippen LogP contribution in [-0.2, 0) is 9.53 Å². The molecule has 1 amide bonds. The van der Waals surface area contributed by atoms with Crippen molar-refractivity contribution >= 4 is 23.2 Å². The van der Waals surface area contributed by atoms with Crippen molar-refractivity contribution in [2.75, 3.05) is 19.0 Å². The number of ether oxygens (including phenoxy) is 1. The van der Waals surface area contributed by atoms with E-state index in [0.717, 1.165) is 0 Å². The van der Waals surface area contributed by atoms with E-state index < -0.39 is 0 Å². The number of carbonyl (C=O) groups excluding carboxylic acids is 1. The Labute approximate surface area is 92.4 Å². The number of amides is 1. The summed E-state index contributed by atoms with van der Waals surface area (Å²) < 4.78 is 4.65. The minimum atomic E-state index is -0.274. The lowest BCUT2D eigenvalue weighted by Crippen LogP contribution is -2.17. The van der Waals surface area contributed by atoms with Gasteiger partial charge in [-0.15, -0.1) is 0 Å². The normalized spacial score (nSPS) is 9.40. The van der Waals surface area contributed by atoms with Crippen molar-refractivity contribution in [2.24, 2.45) is 0 Å². The average molecular weight is 225 g/mol. The van der Waals surface area contributed by atoms with Gasteiger partial charge in [0.15, 0.2) is 0 Å². The molecule has 1 aromatic carbocycles. The van der Waals surface area contributed by atoms with Crippen LogP contribution in [0, 0.1) is 11.3 Å². The van der Waals surface area contributed by atoms with Crippen LogP contribution >= 0.6 is 11.6 Å². The molecule has 0 bridgehead atoms. The third-order valence-electron chi connectivity index (χ3n) is 1.65. The predicted molar refractivity (Wildman–Crippen MR) is 56.7 cm³/mol. The maximum atomic E-state index is 11.1. The molecule has 0 aliphatic rings. The zero-order valence-corrected chi connectivity index (χ0v) is 8.84. The Kier molecular flexibility index (Phi) is 4.10.